The molecule has 3 N–H and O–H groups in total. The first kappa shape index (κ1) is 15.3. The molecule has 2 rings (SSSR count). The standard InChI is InChI=1S/C13H17Cl2N5/c1-2-20-13(17-8-18-20)7-9(19-16)6-10-11(14)4-3-5-12(10)15/h3-5,8-9,19H,2,6-7,16H2,1H3. The Morgan fingerprint density at radius 2 is 2.00 bits per heavy atom. The number of rotatable bonds is 6. The number of nitrogens with one attached hydrogen (secondary N) is 1. The Labute approximate surface area is 128 Å². The number of aromatic nitrogens is 3. The third-order valence-corrected chi connectivity index (χ3v) is 3.88. The SMILES string of the molecule is CCn1ncnc1CC(Cc1c(Cl)cccc1Cl)NN. The molecule has 108 valence electrons. The van der Waals surface area contributed by atoms with E-state index in [4.69, 9.17) is 29.0 Å². The summed E-state index contributed by atoms with van der Waals surface area (Å²) < 4.78 is 1.85. The van der Waals surface area contributed by atoms with Gasteiger partial charge in [0.2, 0.25) is 0 Å². The quantitative estimate of drug-likeness (QED) is 0.634. The molecule has 2 aromatic rings. The molecule has 5 nitrogen and oxygen atoms in total. The minimum absolute atomic E-state index is 0.0121. The predicted octanol–water partition coefficient (Wildman–Crippen LogP) is 2.22. The van der Waals surface area contributed by atoms with E-state index >= 15 is 0 Å². The van der Waals surface area contributed by atoms with E-state index in [1.807, 2.05) is 29.8 Å². The predicted molar refractivity (Wildman–Crippen MR) is 80.7 cm³/mol. The van der Waals surface area contributed by atoms with Gasteiger partial charge in [0, 0.05) is 29.1 Å². The van der Waals surface area contributed by atoms with Crippen LogP contribution >= 0.6 is 23.2 Å². The maximum Gasteiger partial charge on any atom is 0.138 e. The van der Waals surface area contributed by atoms with Crippen molar-refractivity contribution in [2.75, 3.05) is 0 Å². The van der Waals surface area contributed by atoms with Gasteiger partial charge in [-0.1, -0.05) is 29.3 Å². The van der Waals surface area contributed by atoms with Crippen molar-refractivity contribution >= 4 is 23.2 Å². The van der Waals surface area contributed by atoms with E-state index in [-0.39, 0.29) is 6.04 Å². The molecule has 0 fully saturated rings. The molecule has 0 aliphatic rings. The normalized spacial score (nSPS) is 12.6. The Balaban J connectivity index is 2.13. The van der Waals surface area contributed by atoms with Gasteiger partial charge in [-0.25, -0.2) is 4.98 Å². The molecular formula is C13H17Cl2N5. The van der Waals surface area contributed by atoms with E-state index in [1.54, 1.807) is 6.33 Å². The van der Waals surface area contributed by atoms with Crippen molar-refractivity contribution in [3.05, 3.63) is 46.0 Å². The van der Waals surface area contributed by atoms with Crippen molar-refractivity contribution in [2.24, 2.45) is 5.84 Å². The molecule has 1 atom stereocenters. The topological polar surface area (TPSA) is 68.8 Å². The minimum Gasteiger partial charge on any atom is -0.271 e. The van der Waals surface area contributed by atoms with E-state index in [0.29, 0.717) is 22.9 Å². The van der Waals surface area contributed by atoms with Crippen LogP contribution in [0.3, 0.4) is 0 Å². The first-order valence-electron chi connectivity index (χ1n) is 6.41. The van der Waals surface area contributed by atoms with Crippen LogP contribution in [0.5, 0.6) is 0 Å². The third-order valence-electron chi connectivity index (χ3n) is 3.17. The van der Waals surface area contributed by atoms with Gasteiger partial charge in [0.15, 0.2) is 0 Å². The largest absolute Gasteiger partial charge is 0.271 e. The summed E-state index contributed by atoms with van der Waals surface area (Å²) in [6.07, 6.45) is 2.84. The molecule has 0 saturated heterocycles. The van der Waals surface area contributed by atoms with E-state index in [0.717, 1.165) is 17.9 Å². The fraction of sp³-hybridized carbons (Fsp3) is 0.385. The van der Waals surface area contributed by atoms with Gasteiger partial charge in [-0.3, -0.25) is 16.0 Å². The second-order valence-corrected chi connectivity index (χ2v) is 5.28. The minimum atomic E-state index is -0.0121. The summed E-state index contributed by atoms with van der Waals surface area (Å²) in [5.41, 5.74) is 3.69. The summed E-state index contributed by atoms with van der Waals surface area (Å²) in [4.78, 5) is 4.25. The monoisotopic (exact) mass is 313 g/mol. The van der Waals surface area contributed by atoms with Crippen LogP contribution in [0.2, 0.25) is 10.0 Å². The lowest BCUT2D eigenvalue weighted by molar-refractivity contribution is 0.490. The molecule has 1 aromatic carbocycles. The Kier molecular flexibility index (Phi) is 5.37. The average Bonchev–Trinajstić information content (AvgIpc) is 2.88. The molecule has 0 radical (unpaired) electrons. The fourth-order valence-corrected chi connectivity index (χ4v) is 2.65. The lowest BCUT2D eigenvalue weighted by Crippen LogP contribution is -2.39. The second kappa shape index (κ2) is 7.04. The number of halogens is 2. The zero-order valence-electron chi connectivity index (χ0n) is 11.2. The number of aryl methyl sites for hydroxylation is 1. The van der Waals surface area contributed by atoms with Gasteiger partial charge < -0.3 is 0 Å². The Hall–Kier alpha value is -1.14. The van der Waals surface area contributed by atoms with E-state index < -0.39 is 0 Å². The number of hydrogen-bond acceptors (Lipinski definition) is 4. The molecular weight excluding hydrogens is 297 g/mol. The highest BCUT2D eigenvalue weighted by Gasteiger charge is 2.16. The highest BCUT2D eigenvalue weighted by atomic mass is 35.5. The Morgan fingerprint density at radius 3 is 2.60 bits per heavy atom. The van der Waals surface area contributed by atoms with E-state index in [9.17, 15) is 0 Å². The van der Waals surface area contributed by atoms with Crippen LogP contribution in [-0.2, 0) is 19.4 Å². The summed E-state index contributed by atoms with van der Waals surface area (Å²) in [7, 11) is 0. The number of hydrogen-bond donors (Lipinski definition) is 2. The first-order valence-corrected chi connectivity index (χ1v) is 7.17. The zero-order valence-corrected chi connectivity index (χ0v) is 12.7. The van der Waals surface area contributed by atoms with Crippen LogP contribution in [-0.4, -0.2) is 20.8 Å². The van der Waals surface area contributed by atoms with Gasteiger partial charge in [0.25, 0.3) is 0 Å². The molecule has 1 aromatic heterocycles. The molecule has 7 heteroatoms. The molecule has 0 aliphatic carbocycles. The Bertz CT molecular complexity index is 549. The average molecular weight is 314 g/mol. The summed E-state index contributed by atoms with van der Waals surface area (Å²) >= 11 is 12.4. The summed E-state index contributed by atoms with van der Waals surface area (Å²) in [6.45, 7) is 2.80. The molecule has 0 aliphatic heterocycles. The molecule has 20 heavy (non-hydrogen) atoms. The van der Waals surface area contributed by atoms with Crippen LogP contribution < -0.4 is 11.3 Å². The summed E-state index contributed by atoms with van der Waals surface area (Å²) in [5.74, 6) is 6.52. The molecule has 1 heterocycles. The van der Waals surface area contributed by atoms with Crippen molar-refractivity contribution in [3.63, 3.8) is 0 Å². The van der Waals surface area contributed by atoms with Gasteiger partial charge >= 0.3 is 0 Å². The van der Waals surface area contributed by atoms with Crippen LogP contribution in [0.25, 0.3) is 0 Å². The van der Waals surface area contributed by atoms with Crippen molar-refractivity contribution < 1.29 is 0 Å². The molecule has 0 amide bonds. The van der Waals surface area contributed by atoms with Gasteiger partial charge in [0.1, 0.15) is 12.2 Å². The van der Waals surface area contributed by atoms with Gasteiger partial charge in [-0.15, -0.1) is 0 Å². The van der Waals surface area contributed by atoms with Crippen molar-refractivity contribution in [3.8, 4) is 0 Å². The fourth-order valence-electron chi connectivity index (χ4n) is 2.09. The van der Waals surface area contributed by atoms with Crippen LogP contribution in [0, 0.1) is 0 Å². The van der Waals surface area contributed by atoms with E-state index in [1.165, 1.54) is 0 Å². The highest BCUT2D eigenvalue weighted by Crippen LogP contribution is 2.25. The van der Waals surface area contributed by atoms with Crippen LogP contribution in [0.15, 0.2) is 24.5 Å². The lowest BCUT2D eigenvalue weighted by atomic mass is 10.0. The third kappa shape index (κ3) is 3.49. The van der Waals surface area contributed by atoms with Crippen LogP contribution in [0.4, 0.5) is 0 Å². The lowest BCUT2D eigenvalue weighted by Gasteiger charge is -2.17. The summed E-state index contributed by atoms with van der Waals surface area (Å²) in [5, 5.41) is 5.44. The molecule has 0 spiro atoms. The van der Waals surface area contributed by atoms with Crippen molar-refractivity contribution in [2.45, 2.75) is 32.4 Å². The Morgan fingerprint density at radius 1 is 1.30 bits per heavy atom. The van der Waals surface area contributed by atoms with E-state index in [2.05, 4.69) is 15.5 Å². The molecule has 0 bridgehead atoms. The van der Waals surface area contributed by atoms with Gasteiger partial charge in [-0.2, -0.15) is 5.10 Å². The maximum atomic E-state index is 6.18. The summed E-state index contributed by atoms with van der Waals surface area (Å²) in [6, 6.07) is 5.46. The second-order valence-electron chi connectivity index (χ2n) is 4.46. The smallest absolute Gasteiger partial charge is 0.138 e. The van der Waals surface area contributed by atoms with Crippen molar-refractivity contribution in [1.82, 2.24) is 20.2 Å². The zero-order chi connectivity index (χ0) is 14.5. The number of benzene rings is 1. The van der Waals surface area contributed by atoms with Crippen LogP contribution in [0.1, 0.15) is 18.3 Å². The highest BCUT2D eigenvalue weighted by molar-refractivity contribution is 6.36. The van der Waals surface area contributed by atoms with Gasteiger partial charge in [0.05, 0.1) is 0 Å². The number of nitrogens with zero attached hydrogens (tertiary/aromatic N) is 3. The number of nitrogens with two attached hydrogens (primary N) is 1. The number of hydrazine groups is 1. The van der Waals surface area contributed by atoms with Gasteiger partial charge in [-0.05, 0) is 31.0 Å². The first-order chi connectivity index (χ1) is 9.65. The molecule has 0 saturated carbocycles. The maximum absolute atomic E-state index is 6.18. The van der Waals surface area contributed by atoms with Crippen molar-refractivity contribution in [1.29, 1.82) is 0 Å². The molecule has 1 unspecified atom stereocenters.